The number of carboxylic acids is 1. The number of H-pyrrole nitrogens is 1. The number of unbranched alkanes of at least 4 members (excludes halogenated alkanes) is 1. The van der Waals surface area contributed by atoms with Crippen molar-refractivity contribution in [1.29, 1.82) is 0 Å². The summed E-state index contributed by atoms with van der Waals surface area (Å²) in [6, 6.07) is 8.84. The number of para-hydroxylation sites is 1. The van der Waals surface area contributed by atoms with E-state index in [9.17, 15) is 43.8 Å². The molecule has 60 heavy (non-hydrogen) atoms. The quantitative estimate of drug-likeness (QED) is 0.0494. The van der Waals surface area contributed by atoms with Crippen LogP contribution in [0, 0.1) is 11.8 Å². The highest BCUT2D eigenvalue weighted by atomic mass is 16.4. The Balaban J connectivity index is 1.77. The molecular weight excluding hydrogens is 775 g/mol. The van der Waals surface area contributed by atoms with Crippen LogP contribution >= 0.6 is 0 Å². The first-order valence-electron chi connectivity index (χ1n) is 20.3. The van der Waals surface area contributed by atoms with Crippen molar-refractivity contribution in [1.82, 2.24) is 36.9 Å². The number of aliphatic hydroxyl groups is 1. The maximum Gasteiger partial charge on any atom is 0.326 e. The molecule has 3 rings (SSSR count). The zero-order valence-corrected chi connectivity index (χ0v) is 34.7. The van der Waals surface area contributed by atoms with E-state index in [1.807, 2.05) is 31.2 Å². The molecule has 7 atom stereocenters. The normalized spacial score (nSPS) is 14.7. The number of amides is 6. The minimum absolute atomic E-state index is 0.0230. The number of aliphatic hydroxyl groups excluding tert-OH is 1. The molecule has 13 N–H and O–H groups in total. The van der Waals surface area contributed by atoms with Gasteiger partial charge in [0.25, 0.3) is 0 Å². The van der Waals surface area contributed by atoms with E-state index in [1.54, 1.807) is 57.3 Å². The van der Waals surface area contributed by atoms with Gasteiger partial charge in [0.15, 0.2) is 0 Å². The molecule has 0 unspecified atom stereocenters. The molecule has 0 fully saturated rings. The first kappa shape index (κ1) is 48.5. The number of carbonyl (C=O) groups excluding carboxylic acids is 6. The summed E-state index contributed by atoms with van der Waals surface area (Å²) in [4.78, 5) is 95.5. The fraction of sp³-hybridized carbons (Fsp3) is 0.500. The number of hydrogen-bond acceptors (Lipinski definition) is 10. The van der Waals surface area contributed by atoms with E-state index in [0.717, 1.165) is 10.9 Å². The minimum Gasteiger partial charge on any atom is -0.480 e. The molecule has 18 heteroatoms. The maximum atomic E-state index is 14.0. The first-order chi connectivity index (χ1) is 28.6. The molecular formula is C42H61N9O9. The second-order valence-corrected chi connectivity index (χ2v) is 15.2. The van der Waals surface area contributed by atoms with Crippen molar-refractivity contribution in [2.75, 3.05) is 19.7 Å². The van der Waals surface area contributed by atoms with Crippen molar-refractivity contribution in [3.8, 4) is 0 Å². The van der Waals surface area contributed by atoms with Gasteiger partial charge in [0.05, 0.1) is 19.2 Å². The molecule has 3 aromatic rings. The van der Waals surface area contributed by atoms with Gasteiger partial charge in [0.2, 0.25) is 35.4 Å². The van der Waals surface area contributed by atoms with Crippen molar-refractivity contribution in [3.05, 3.63) is 71.9 Å². The molecule has 328 valence electrons. The van der Waals surface area contributed by atoms with Crippen molar-refractivity contribution in [3.63, 3.8) is 0 Å². The number of hydrogen-bond donors (Lipinski definition) is 11. The number of fused-ring (bicyclic) bond motifs is 1. The summed E-state index contributed by atoms with van der Waals surface area (Å²) >= 11 is 0. The second kappa shape index (κ2) is 24.3. The lowest BCUT2D eigenvalue weighted by Gasteiger charge is -2.26. The molecule has 2 aromatic carbocycles. The van der Waals surface area contributed by atoms with Crippen LogP contribution in [0.5, 0.6) is 0 Å². The average Bonchev–Trinajstić information content (AvgIpc) is 3.64. The Morgan fingerprint density at radius 2 is 1.32 bits per heavy atom. The van der Waals surface area contributed by atoms with Crippen LogP contribution in [0.25, 0.3) is 10.9 Å². The van der Waals surface area contributed by atoms with Gasteiger partial charge in [0.1, 0.15) is 30.2 Å². The SMILES string of the molecule is CC[C@H](C)[C@H](N)C(=O)N[C@@H](CCCCN)C(=O)N[C@@H](CO)C(=O)NCC(=O)N[C@@H](Cc1ccccc1)C(=O)N[C@@H](Cc1c[nH]c2ccccc12)C(=O)N[C@H](C(=O)O)C(C)C. The van der Waals surface area contributed by atoms with Crippen LogP contribution in [0.3, 0.4) is 0 Å². The van der Waals surface area contributed by atoms with Gasteiger partial charge >= 0.3 is 5.97 Å². The highest BCUT2D eigenvalue weighted by Crippen LogP contribution is 2.20. The Hall–Kier alpha value is -5.85. The fourth-order valence-electron chi connectivity index (χ4n) is 6.37. The van der Waals surface area contributed by atoms with E-state index in [-0.39, 0.29) is 25.2 Å². The van der Waals surface area contributed by atoms with Gasteiger partial charge in [-0.15, -0.1) is 0 Å². The maximum absolute atomic E-state index is 14.0. The number of benzene rings is 2. The molecule has 18 nitrogen and oxygen atoms in total. The number of nitrogens with two attached hydrogens (primary N) is 2. The number of carbonyl (C=O) groups is 7. The van der Waals surface area contributed by atoms with E-state index < -0.39 is 96.7 Å². The zero-order chi connectivity index (χ0) is 44.4. The third kappa shape index (κ3) is 14.8. The largest absolute Gasteiger partial charge is 0.480 e. The van der Waals surface area contributed by atoms with Gasteiger partial charge in [0, 0.05) is 29.9 Å². The molecule has 0 saturated heterocycles. The van der Waals surface area contributed by atoms with Gasteiger partial charge < -0.3 is 58.6 Å². The summed E-state index contributed by atoms with van der Waals surface area (Å²) in [6.45, 7) is 5.82. The van der Waals surface area contributed by atoms with Crippen LogP contribution in [-0.2, 0) is 46.4 Å². The lowest BCUT2D eigenvalue weighted by molar-refractivity contribution is -0.143. The topological polar surface area (TPSA) is 300 Å². The number of aromatic amines is 1. The van der Waals surface area contributed by atoms with Gasteiger partial charge in [-0.25, -0.2) is 4.79 Å². The molecule has 0 bridgehead atoms. The lowest BCUT2D eigenvalue weighted by Crippen LogP contribution is -2.59. The van der Waals surface area contributed by atoms with Crippen molar-refractivity contribution >= 4 is 52.3 Å². The summed E-state index contributed by atoms with van der Waals surface area (Å²) in [5.41, 5.74) is 13.8. The third-order valence-electron chi connectivity index (χ3n) is 10.3. The lowest BCUT2D eigenvalue weighted by atomic mass is 9.98. The average molecular weight is 836 g/mol. The van der Waals surface area contributed by atoms with Gasteiger partial charge in [-0.3, -0.25) is 28.8 Å². The zero-order valence-electron chi connectivity index (χ0n) is 34.7. The second-order valence-electron chi connectivity index (χ2n) is 15.2. The smallest absolute Gasteiger partial charge is 0.326 e. The van der Waals surface area contributed by atoms with Gasteiger partial charge in [-0.1, -0.05) is 82.6 Å². The predicted molar refractivity (Wildman–Crippen MR) is 225 cm³/mol. The van der Waals surface area contributed by atoms with E-state index in [1.165, 1.54) is 0 Å². The summed E-state index contributed by atoms with van der Waals surface area (Å²) in [5.74, 6) is -6.40. The fourth-order valence-corrected chi connectivity index (χ4v) is 6.37. The molecule has 0 aliphatic carbocycles. The Morgan fingerprint density at radius 1 is 0.717 bits per heavy atom. The summed E-state index contributed by atoms with van der Waals surface area (Å²) in [7, 11) is 0. The minimum atomic E-state index is -1.50. The standard InChI is InChI=1S/C42H61N9O9/c1-5-25(4)35(44)41(58)48-30(17-11-12-18-43)38(55)50-33(23-52)37(54)46-22-34(53)47-31(19-26-13-7-6-8-14-26)39(56)49-32(40(57)51-36(24(2)3)42(59)60)20-27-21-45-29-16-10-9-15-28(27)29/h6-10,13-16,21,24-25,30-33,35-36,45,52H,5,11-12,17-20,22-23,43-44H2,1-4H3,(H,46,54)(H,47,53)(H,48,58)(H,49,56)(H,50,55)(H,51,57)(H,59,60)/t25-,30-,31-,32-,33-,35-,36-/m0/s1. The van der Waals surface area contributed by atoms with Crippen molar-refractivity contribution in [2.45, 2.75) is 102 Å². The molecule has 1 heterocycles. The molecule has 0 radical (unpaired) electrons. The summed E-state index contributed by atoms with van der Waals surface area (Å²) in [6.07, 6.45) is 3.53. The van der Waals surface area contributed by atoms with Crippen LogP contribution < -0.4 is 43.4 Å². The molecule has 6 amide bonds. The Labute approximate surface area is 349 Å². The molecule has 0 saturated carbocycles. The predicted octanol–water partition coefficient (Wildman–Crippen LogP) is -0.271. The van der Waals surface area contributed by atoms with E-state index in [2.05, 4.69) is 36.9 Å². The van der Waals surface area contributed by atoms with E-state index >= 15 is 0 Å². The van der Waals surface area contributed by atoms with Crippen LogP contribution in [-0.4, -0.2) is 113 Å². The Bertz CT molecular complexity index is 1910. The Morgan fingerprint density at radius 3 is 1.95 bits per heavy atom. The third-order valence-corrected chi connectivity index (χ3v) is 10.3. The number of aromatic nitrogens is 1. The Kier molecular flexibility index (Phi) is 19.6. The number of aliphatic carboxylic acids is 1. The monoisotopic (exact) mass is 835 g/mol. The highest BCUT2D eigenvalue weighted by Gasteiger charge is 2.33. The van der Waals surface area contributed by atoms with Crippen LogP contribution in [0.4, 0.5) is 0 Å². The van der Waals surface area contributed by atoms with Crippen molar-refractivity contribution in [2.24, 2.45) is 23.3 Å². The van der Waals surface area contributed by atoms with Crippen LogP contribution in [0.15, 0.2) is 60.8 Å². The van der Waals surface area contributed by atoms with Gasteiger partial charge in [-0.05, 0) is 54.8 Å². The van der Waals surface area contributed by atoms with Gasteiger partial charge in [-0.2, -0.15) is 0 Å². The van der Waals surface area contributed by atoms with Crippen molar-refractivity contribution < 1.29 is 43.8 Å². The summed E-state index contributed by atoms with van der Waals surface area (Å²) < 4.78 is 0. The molecule has 0 aliphatic heterocycles. The van der Waals surface area contributed by atoms with Crippen LogP contribution in [0.2, 0.25) is 0 Å². The van der Waals surface area contributed by atoms with Crippen LogP contribution in [0.1, 0.15) is 64.5 Å². The number of nitrogens with one attached hydrogen (secondary N) is 7. The molecule has 0 spiro atoms. The first-order valence-corrected chi connectivity index (χ1v) is 20.3. The van der Waals surface area contributed by atoms with E-state index in [0.29, 0.717) is 36.9 Å². The summed E-state index contributed by atoms with van der Waals surface area (Å²) in [5, 5.41) is 35.9. The van der Waals surface area contributed by atoms with E-state index in [4.69, 9.17) is 11.5 Å². The molecule has 1 aromatic heterocycles. The molecule has 0 aliphatic rings. The number of rotatable bonds is 25. The highest BCUT2D eigenvalue weighted by molar-refractivity contribution is 5.96. The number of carboxylic acid groups (broad SMARTS) is 1.